The highest BCUT2D eigenvalue weighted by atomic mass is 16.7. The predicted molar refractivity (Wildman–Crippen MR) is 65.5 cm³/mol. The van der Waals surface area contributed by atoms with Crippen LogP contribution in [-0.4, -0.2) is 30.3 Å². The van der Waals surface area contributed by atoms with Crippen LogP contribution in [0.3, 0.4) is 0 Å². The van der Waals surface area contributed by atoms with E-state index in [-0.39, 0.29) is 24.4 Å². The van der Waals surface area contributed by atoms with Crippen LogP contribution in [0.2, 0.25) is 0 Å². The molecule has 0 amide bonds. The van der Waals surface area contributed by atoms with Gasteiger partial charge in [-0.1, -0.05) is 25.1 Å². The van der Waals surface area contributed by atoms with Crippen LogP contribution >= 0.6 is 0 Å². The molecule has 0 bridgehead atoms. The van der Waals surface area contributed by atoms with Crippen molar-refractivity contribution in [3.8, 4) is 0 Å². The Hall–Kier alpha value is -1.80. The molecule has 0 atom stereocenters. The molecule has 17 heavy (non-hydrogen) atoms. The van der Waals surface area contributed by atoms with Crippen molar-refractivity contribution >= 4 is 11.9 Å². The summed E-state index contributed by atoms with van der Waals surface area (Å²) in [6.07, 6.45) is 1.54. The number of hydrogen-bond acceptors (Lipinski definition) is 4. The smallest absolute Gasteiger partial charge is 0.238 e. The molecule has 6 N–H and O–H groups in total. The maximum Gasteiger partial charge on any atom is 0.238 e. The van der Waals surface area contributed by atoms with Gasteiger partial charge in [-0.25, -0.2) is 10.3 Å². The molecule has 0 aliphatic rings. The van der Waals surface area contributed by atoms with Gasteiger partial charge < -0.3 is 11.5 Å². The molecule has 0 unspecified atom stereocenters. The van der Waals surface area contributed by atoms with Gasteiger partial charge in [-0.15, -0.1) is 11.7 Å². The number of nitrogens with two attached hydrogens (primary N) is 2. The third-order valence-electron chi connectivity index (χ3n) is 1.31. The first-order valence-electron chi connectivity index (χ1n) is 5.07. The van der Waals surface area contributed by atoms with Crippen LogP contribution in [0.4, 0.5) is 0 Å². The van der Waals surface area contributed by atoms with Crippen LogP contribution in [0.5, 0.6) is 0 Å². The maximum atomic E-state index is 7.23. The lowest BCUT2D eigenvalue weighted by Crippen LogP contribution is -2.39. The van der Waals surface area contributed by atoms with Gasteiger partial charge in [0, 0.05) is 0 Å². The van der Waals surface area contributed by atoms with Crippen molar-refractivity contribution in [1.82, 2.24) is 10.7 Å². The molecule has 8 heteroatoms. The Morgan fingerprint density at radius 3 is 2.71 bits per heavy atom. The zero-order chi connectivity index (χ0) is 13.3. The molecule has 8 nitrogen and oxygen atoms in total. The van der Waals surface area contributed by atoms with Crippen LogP contribution in [0, 0.1) is 11.3 Å². The topological polar surface area (TPSA) is 122 Å². The standard InChI is InChI=1S/C9H20N6O2/c1-4-5-16-14-9(12)13-15(8(10)11)17-6-7(2)3/h4,7H,1,5-6H2,2-3H3,(H3,10,11)(H3,12,13,14). The second-order valence-electron chi connectivity index (χ2n) is 3.53. The number of hydrazone groups is 1. The van der Waals surface area contributed by atoms with E-state index in [1.54, 1.807) is 0 Å². The minimum atomic E-state index is -0.376. The largest absolute Gasteiger partial charge is 0.367 e. The Morgan fingerprint density at radius 1 is 1.59 bits per heavy atom. The average Bonchev–Trinajstić information content (AvgIpc) is 2.23. The Bertz CT molecular complexity index is 279. The predicted octanol–water partition coefficient (Wildman–Crippen LogP) is -0.294. The quantitative estimate of drug-likeness (QED) is 0.160. The van der Waals surface area contributed by atoms with Gasteiger partial charge in [-0.05, 0) is 5.92 Å². The monoisotopic (exact) mass is 244 g/mol. The minimum Gasteiger partial charge on any atom is -0.367 e. The Balaban J connectivity index is 4.24. The third-order valence-corrected chi connectivity index (χ3v) is 1.31. The lowest BCUT2D eigenvalue weighted by atomic mass is 10.2. The molecule has 0 radical (unpaired) electrons. The third kappa shape index (κ3) is 8.05. The molecular formula is C9H20N6O2. The normalized spacial score (nSPS) is 11.4. The van der Waals surface area contributed by atoms with Gasteiger partial charge in [0.2, 0.25) is 11.9 Å². The highest BCUT2D eigenvalue weighted by Gasteiger charge is 2.08. The summed E-state index contributed by atoms with van der Waals surface area (Å²) < 4.78 is 0. The average molecular weight is 244 g/mol. The van der Waals surface area contributed by atoms with E-state index >= 15 is 0 Å². The fourth-order valence-electron chi connectivity index (χ4n) is 0.665. The second kappa shape index (κ2) is 8.36. The van der Waals surface area contributed by atoms with Gasteiger partial charge in [0.15, 0.2) is 0 Å². The Kier molecular flexibility index (Phi) is 7.48. The number of guanidine groups is 2. The molecule has 0 aromatic carbocycles. The van der Waals surface area contributed by atoms with Crippen LogP contribution in [0.1, 0.15) is 13.8 Å². The highest BCUT2D eigenvalue weighted by Crippen LogP contribution is 1.97. The van der Waals surface area contributed by atoms with E-state index in [0.717, 1.165) is 5.17 Å². The first-order valence-corrected chi connectivity index (χ1v) is 5.07. The van der Waals surface area contributed by atoms with E-state index in [1.807, 2.05) is 13.8 Å². The number of rotatable bonds is 7. The molecule has 98 valence electrons. The minimum absolute atomic E-state index is 0.0780. The van der Waals surface area contributed by atoms with Gasteiger partial charge >= 0.3 is 0 Å². The zero-order valence-corrected chi connectivity index (χ0v) is 10.1. The van der Waals surface area contributed by atoms with Crippen molar-refractivity contribution in [2.45, 2.75) is 13.8 Å². The van der Waals surface area contributed by atoms with Gasteiger partial charge in [0.1, 0.15) is 0 Å². The van der Waals surface area contributed by atoms with Gasteiger partial charge in [-0.3, -0.25) is 10.2 Å². The molecule has 0 spiro atoms. The van der Waals surface area contributed by atoms with Gasteiger partial charge in [-0.2, -0.15) is 0 Å². The summed E-state index contributed by atoms with van der Waals surface area (Å²) in [7, 11) is 0. The van der Waals surface area contributed by atoms with Gasteiger partial charge in [0.25, 0.3) is 0 Å². The molecule has 0 saturated heterocycles. The van der Waals surface area contributed by atoms with Crippen molar-refractivity contribution in [2.75, 3.05) is 13.2 Å². The van der Waals surface area contributed by atoms with Gasteiger partial charge in [0.05, 0.1) is 13.2 Å². The van der Waals surface area contributed by atoms with Crippen molar-refractivity contribution < 1.29 is 9.68 Å². The van der Waals surface area contributed by atoms with Crippen molar-refractivity contribution in [3.63, 3.8) is 0 Å². The number of hydrogen-bond donors (Lipinski definition) is 4. The van der Waals surface area contributed by atoms with Crippen LogP contribution in [0.25, 0.3) is 0 Å². The Labute approximate surface area is 101 Å². The maximum absolute atomic E-state index is 7.23. The number of nitrogens with one attached hydrogen (secondary N) is 2. The molecule has 0 aliphatic heterocycles. The van der Waals surface area contributed by atoms with Crippen molar-refractivity contribution in [3.05, 3.63) is 12.7 Å². The summed E-state index contributed by atoms with van der Waals surface area (Å²) in [6, 6.07) is 0. The molecule has 0 saturated carbocycles. The summed E-state index contributed by atoms with van der Waals surface area (Å²) in [5, 5.41) is 11.8. The second-order valence-corrected chi connectivity index (χ2v) is 3.53. The molecule has 0 aromatic heterocycles. The molecule has 0 heterocycles. The molecular weight excluding hydrogens is 224 g/mol. The van der Waals surface area contributed by atoms with E-state index < -0.39 is 0 Å². The summed E-state index contributed by atoms with van der Waals surface area (Å²) in [5.74, 6) is -0.178. The summed E-state index contributed by atoms with van der Waals surface area (Å²) in [4.78, 5) is 9.98. The van der Waals surface area contributed by atoms with E-state index in [9.17, 15) is 0 Å². The van der Waals surface area contributed by atoms with Crippen molar-refractivity contribution in [2.24, 2.45) is 22.5 Å². The fraction of sp³-hybridized carbons (Fsp3) is 0.556. The van der Waals surface area contributed by atoms with E-state index in [2.05, 4.69) is 17.2 Å². The lowest BCUT2D eigenvalue weighted by molar-refractivity contribution is -0.112. The fourth-order valence-corrected chi connectivity index (χ4v) is 0.665. The first kappa shape index (κ1) is 15.2. The van der Waals surface area contributed by atoms with E-state index in [4.69, 9.17) is 26.6 Å². The first-order chi connectivity index (χ1) is 7.97. The highest BCUT2D eigenvalue weighted by molar-refractivity contribution is 5.80. The summed E-state index contributed by atoms with van der Waals surface area (Å²) >= 11 is 0. The van der Waals surface area contributed by atoms with Crippen molar-refractivity contribution in [1.29, 1.82) is 5.41 Å². The van der Waals surface area contributed by atoms with Crippen LogP contribution in [-0.2, 0) is 9.68 Å². The Morgan fingerprint density at radius 2 is 2.24 bits per heavy atom. The van der Waals surface area contributed by atoms with Crippen LogP contribution < -0.4 is 16.9 Å². The lowest BCUT2D eigenvalue weighted by Gasteiger charge is -2.17. The molecule has 0 fully saturated rings. The van der Waals surface area contributed by atoms with E-state index in [0.29, 0.717) is 6.61 Å². The number of nitrogens with zero attached hydrogens (tertiary/aromatic N) is 2. The molecule has 0 aromatic rings. The summed E-state index contributed by atoms with van der Waals surface area (Å²) in [6.45, 7) is 8.00. The molecule has 0 rings (SSSR count). The number of hydroxylamine groups is 2. The SMILES string of the molecule is C=CCONC(N)=NN(OCC(C)C)C(=N)N. The zero-order valence-electron chi connectivity index (χ0n) is 10.1. The molecule has 0 aliphatic carbocycles. The summed E-state index contributed by atoms with van der Waals surface area (Å²) in [5.41, 5.74) is 13.1. The van der Waals surface area contributed by atoms with Crippen LogP contribution in [0.15, 0.2) is 17.8 Å². The van der Waals surface area contributed by atoms with E-state index in [1.165, 1.54) is 6.08 Å².